The van der Waals surface area contributed by atoms with E-state index in [1.165, 1.54) is 19.4 Å². The van der Waals surface area contributed by atoms with E-state index in [-0.39, 0.29) is 58.3 Å². The number of hydrogen-bond acceptors (Lipinski definition) is 7. The van der Waals surface area contributed by atoms with Gasteiger partial charge in [-0.05, 0) is 54.4 Å². The molecule has 2 saturated carbocycles. The number of furan rings is 1. The number of carbonyl (C=O) groups excluding carboxylic acids is 2. The van der Waals surface area contributed by atoms with Crippen molar-refractivity contribution in [2.24, 2.45) is 40.6 Å². The van der Waals surface area contributed by atoms with Crippen LogP contribution < -0.4 is 4.74 Å². The zero-order chi connectivity index (χ0) is 22.1. The van der Waals surface area contributed by atoms with Crippen LogP contribution in [-0.2, 0) is 9.59 Å². The molecule has 5 aliphatic rings. The number of amides is 2. The third-order valence-corrected chi connectivity index (χ3v) is 7.23. The number of nitrogens with zero attached hydrogens (tertiary/aromatic N) is 3. The normalized spacial score (nSPS) is 31.8. The molecule has 0 radical (unpaired) electrons. The molecule has 1 aromatic carbocycles. The highest BCUT2D eigenvalue weighted by molar-refractivity contribution is 6.06. The molecule has 0 N–H and O–H groups in total. The second-order valence-electron chi connectivity index (χ2n) is 8.73. The number of hydrazone groups is 1. The molecule has 9 nitrogen and oxygen atoms in total. The summed E-state index contributed by atoms with van der Waals surface area (Å²) in [5, 5.41) is 16.6. The highest BCUT2D eigenvalue weighted by atomic mass is 16.6. The van der Waals surface area contributed by atoms with E-state index in [9.17, 15) is 19.7 Å². The van der Waals surface area contributed by atoms with Crippen molar-refractivity contribution in [3.63, 3.8) is 0 Å². The van der Waals surface area contributed by atoms with Gasteiger partial charge >= 0.3 is 0 Å². The Balaban J connectivity index is 1.25. The minimum Gasteiger partial charge on any atom is -0.497 e. The number of methoxy groups -OCH3 is 1. The third-order valence-electron chi connectivity index (χ3n) is 7.23. The summed E-state index contributed by atoms with van der Waals surface area (Å²) in [6.07, 6.45) is 6.63. The van der Waals surface area contributed by atoms with Gasteiger partial charge in [0, 0.05) is 0 Å². The van der Waals surface area contributed by atoms with Crippen LogP contribution in [0.1, 0.15) is 12.2 Å². The van der Waals surface area contributed by atoms with Crippen LogP contribution in [0.5, 0.6) is 5.75 Å². The molecule has 162 valence electrons. The summed E-state index contributed by atoms with van der Waals surface area (Å²) in [5.41, 5.74) is 0.134. The molecule has 1 saturated heterocycles. The lowest BCUT2D eigenvalue weighted by Gasteiger charge is -2.37. The van der Waals surface area contributed by atoms with Crippen molar-refractivity contribution < 1.29 is 23.7 Å². The zero-order valence-corrected chi connectivity index (χ0v) is 17.1. The maximum absolute atomic E-state index is 13.0. The van der Waals surface area contributed by atoms with Crippen LogP contribution in [0.4, 0.5) is 5.69 Å². The van der Waals surface area contributed by atoms with E-state index in [1.807, 2.05) is 0 Å². The summed E-state index contributed by atoms with van der Waals surface area (Å²) in [6, 6.07) is 7.65. The van der Waals surface area contributed by atoms with Crippen molar-refractivity contribution in [3.05, 3.63) is 58.4 Å². The second kappa shape index (κ2) is 6.62. The predicted octanol–water partition coefficient (Wildman–Crippen LogP) is 3.25. The summed E-state index contributed by atoms with van der Waals surface area (Å²) in [7, 11) is 1.43. The van der Waals surface area contributed by atoms with Gasteiger partial charge in [-0.1, -0.05) is 12.2 Å². The van der Waals surface area contributed by atoms with Gasteiger partial charge in [0.15, 0.2) is 0 Å². The first kappa shape index (κ1) is 19.0. The molecule has 2 amide bonds. The average Bonchev–Trinajstić information content (AvgIpc) is 3.44. The fourth-order valence-corrected chi connectivity index (χ4v) is 5.73. The molecule has 9 heteroatoms. The molecule has 2 bridgehead atoms. The number of nitro groups is 1. The van der Waals surface area contributed by atoms with Crippen LogP contribution in [0.3, 0.4) is 0 Å². The lowest BCUT2D eigenvalue weighted by Crippen LogP contribution is -2.40. The largest absolute Gasteiger partial charge is 0.497 e. The molecule has 7 rings (SSSR count). The Morgan fingerprint density at radius 1 is 1.12 bits per heavy atom. The van der Waals surface area contributed by atoms with Gasteiger partial charge in [-0.3, -0.25) is 19.7 Å². The minimum atomic E-state index is -0.510. The molecule has 6 atom stereocenters. The highest BCUT2D eigenvalue weighted by Gasteiger charge is 2.67. The van der Waals surface area contributed by atoms with E-state index in [1.54, 1.807) is 24.3 Å². The number of hydrogen-bond donors (Lipinski definition) is 0. The Kier molecular flexibility index (Phi) is 3.93. The van der Waals surface area contributed by atoms with Crippen molar-refractivity contribution in [1.29, 1.82) is 0 Å². The van der Waals surface area contributed by atoms with Gasteiger partial charge in [-0.15, -0.1) is 0 Å². The van der Waals surface area contributed by atoms with Gasteiger partial charge in [0.1, 0.15) is 17.3 Å². The lowest BCUT2D eigenvalue weighted by molar-refractivity contribution is -0.384. The average molecular weight is 433 g/mol. The fraction of sp³-hybridized carbons (Fsp3) is 0.348. The Bertz CT molecular complexity index is 1190. The van der Waals surface area contributed by atoms with Crippen LogP contribution in [0.15, 0.2) is 52.0 Å². The maximum atomic E-state index is 13.0. The van der Waals surface area contributed by atoms with Crippen LogP contribution in [0.25, 0.3) is 11.3 Å². The standard InChI is InChI=1S/C23H19N3O6/c1-31-11-2-4-15(18(8-11)26(29)30)19-7-3-12(32-19)10-24-25-22(27)20-13-5-6-14(17-9-16(13)17)21(20)23(25)28/h2-8,10,13-14,16-17,20-21H,9H2,1H3/b24-10-/t13-,14-,16-,17+,20+,21+/m0/s1. The van der Waals surface area contributed by atoms with Gasteiger partial charge in [-0.25, -0.2) is 0 Å². The summed E-state index contributed by atoms with van der Waals surface area (Å²) < 4.78 is 10.8. The van der Waals surface area contributed by atoms with Crippen molar-refractivity contribution in [2.75, 3.05) is 7.11 Å². The predicted molar refractivity (Wildman–Crippen MR) is 111 cm³/mol. The quantitative estimate of drug-likeness (QED) is 0.235. The topological polar surface area (TPSA) is 115 Å². The van der Waals surface area contributed by atoms with Crippen LogP contribution >= 0.6 is 0 Å². The molecule has 4 aliphatic carbocycles. The summed E-state index contributed by atoms with van der Waals surface area (Å²) in [4.78, 5) is 36.9. The molecular formula is C23H19N3O6. The molecule has 3 fully saturated rings. The first-order valence-electron chi connectivity index (χ1n) is 10.5. The Morgan fingerprint density at radius 3 is 2.44 bits per heavy atom. The van der Waals surface area contributed by atoms with Crippen molar-refractivity contribution >= 4 is 23.7 Å². The summed E-state index contributed by atoms with van der Waals surface area (Å²) >= 11 is 0. The van der Waals surface area contributed by atoms with Gasteiger partial charge < -0.3 is 9.15 Å². The molecule has 0 spiro atoms. The summed E-state index contributed by atoms with van der Waals surface area (Å²) in [6.45, 7) is 0. The SMILES string of the molecule is COc1ccc(-c2ccc(/C=N\N3C(=O)[C@@H]4[C@H]5C=C[C@@H]([C@@H]6C[C@H]56)[C@H]4C3=O)o2)c([N+](=O)[O-])c1. The van der Waals surface area contributed by atoms with E-state index in [4.69, 9.17) is 9.15 Å². The van der Waals surface area contributed by atoms with Crippen molar-refractivity contribution in [1.82, 2.24) is 5.01 Å². The number of nitro benzene ring substituents is 1. The molecule has 32 heavy (non-hydrogen) atoms. The Labute approximate surface area is 182 Å². The van der Waals surface area contributed by atoms with Gasteiger partial charge in [0.05, 0.1) is 41.7 Å². The van der Waals surface area contributed by atoms with Gasteiger partial charge in [0.25, 0.3) is 17.5 Å². The minimum absolute atomic E-state index is 0.137. The van der Waals surface area contributed by atoms with E-state index < -0.39 is 4.92 Å². The number of allylic oxidation sites excluding steroid dienone is 2. The molecule has 0 unspecified atom stereocenters. The number of carbonyl (C=O) groups is 2. The van der Waals surface area contributed by atoms with Crippen molar-refractivity contribution in [2.45, 2.75) is 6.42 Å². The maximum Gasteiger partial charge on any atom is 0.284 e. The molecular weight excluding hydrogens is 414 g/mol. The third kappa shape index (κ3) is 2.60. The van der Waals surface area contributed by atoms with E-state index in [0.29, 0.717) is 17.6 Å². The smallest absolute Gasteiger partial charge is 0.284 e. The van der Waals surface area contributed by atoms with Crippen molar-refractivity contribution in [3.8, 4) is 17.1 Å². The zero-order valence-electron chi connectivity index (χ0n) is 17.1. The lowest BCUT2D eigenvalue weighted by atomic mass is 9.63. The number of ether oxygens (including phenoxy) is 1. The molecule has 2 heterocycles. The first-order chi connectivity index (χ1) is 15.5. The van der Waals surface area contributed by atoms with Crippen LogP contribution in [0.2, 0.25) is 0 Å². The van der Waals surface area contributed by atoms with E-state index in [0.717, 1.165) is 11.4 Å². The van der Waals surface area contributed by atoms with Crippen LogP contribution in [0, 0.1) is 45.6 Å². The number of benzene rings is 1. The second-order valence-corrected chi connectivity index (χ2v) is 8.73. The van der Waals surface area contributed by atoms with E-state index in [2.05, 4.69) is 17.3 Å². The van der Waals surface area contributed by atoms with Gasteiger partial charge in [0.2, 0.25) is 0 Å². The molecule has 1 aliphatic heterocycles. The number of imide groups is 1. The van der Waals surface area contributed by atoms with E-state index >= 15 is 0 Å². The molecule has 1 aromatic heterocycles. The summed E-state index contributed by atoms with van der Waals surface area (Å²) in [5.74, 6) is 1.12. The highest BCUT2D eigenvalue weighted by Crippen LogP contribution is 2.65. The first-order valence-corrected chi connectivity index (χ1v) is 10.5. The monoisotopic (exact) mass is 433 g/mol. The van der Waals surface area contributed by atoms with Crippen LogP contribution in [-0.4, -0.2) is 35.1 Å². The number of rotatable bonds is 5. The fourth-order valence-electron chi connectivity index (χ4n) is 5.73. The Morgan fingerprint density at radius 2 is 1.81 bits per heavy atom. The molecule has 2 aromatic rings. The van der Waals surface area contributed by atoms with Gasteiger partial charge in [-0.2, -0.15) is 10.1 Å². The Hall–Kier alpha value is -3.75.